The first-order valence-corrected chi connectivity index (χ1v) is 8.53. The van der Waals surface area contributed by atoms with E-state index in [0.717, 1.165) is 23.9 Å². The number of likely N-dealkylation sites (tertiary alicyclic amines) is 1. The van der Waals surface area contributed by atoms with Gasteiger partial charge in [0.2, 0.25) is 5.91 Å². The number of para-hydroxylation sites is 1. The Morgan fingerprint density at radius 2 is 1.96 bits per heavy atom. The van der Waals surface area contributed by atoms with Gasteiger partial charge in [-0.3, -0.25) is 4.79 Å². The monoisotopic (exact) mass is 338 g/mol. The maximum Gasteiger partial charge on any atom is 0.227 e. The van der Waals surface area contributed by atoms with Gasteiger partial charge < -0.3 is 4.90 Å². The van der Waals surface area contributed by atoms with Crippen molar-refractivity contribution in [3.05, 3.63) is 59.9 Å². The fourth-order valence-electron chi connectivity index (χ4n) is 3.51. The van der Waals surface area contributed by atoms with Crippen LogP contribution in [0.3, 0.4) is 0 Å². The van der Waals surface area contributed by atoms with Crippen LogP contribution >= 0.6 is 0 Å². The molecule has 1 saturated heterocycles. The summed E-state index contributed by atoms with van der Waals surface area (Å²) in [6.45, 7) is 1.33. The molecule has 2 heterocycles. The lowest BCUT2D eigenvalue weighted by molar-refractivity contribution is -0.131. The molecule has 6 heteroatoms. The molecule has 3 aromatic rings. The van der Waals surface area contributed by atoms with Crippen LogP contribution in [-0.2, 0) is 17.8 Å². The number of halogens is 1. The van der Waals surface area contributed by atoms with Crippen LogP contribution in [0.25, 0.3) is 11.0 Å². The van der Waals surface area contributed by atoms with Crippen molar-refractivity contribution in [3.8, 4) is 0 Å². The first-order chi connectivity index (χ1) is 12.2. The number of hydrogen-bond acceptors (Lipinski definition) is 3. The summed E-state index contributed by atoms with van der Waals surface area (Å²) in [6, 6.07) is 14.3. The molecule has 1 aromatic heterocycles. The molecule has 4 rings (SSSR count). The molecular weight excluding hydrogens is 319 g/mol. The Morgan fingerprint density at radius 1 is 1.16 bits per heavy atom. The SMILES string of the molecule is O=C(Cc1ccccc1F)N1CCC[C@@H]1Cn1nnc2ccccc21. The van der Waals surface area contributed by atoms with Crippen molar-refractivity contribution in [2.24, 2.45) is 0 Å². The Labute approximate surface area is 145 Å². The highest BCUT2D eigenvalue weighted by Gasteiger charge is 2.29. The molecule has 5 nitrogen and oxygen atoms in total. The first-order valence-electron chi connectivity index (χ1n) is 8.53. The van der Waals surface area contributed by atoms with Crippen molar-refractivity contribution in [1.82, 2.24) is 19.9 Å². The van der Waals surface area contributed by atoms with Gasteiger partial charge in [0.05, 0.1) is 24.5 Å². The van der Waals surface area contributed by atoms with Gasteiger partial charge >= 0.3 is 0 Å². The van der Waals surface area contributed by atoms with Gasteiger partial charge in [-0.1, -0.05) is 35.5 Å². The molecule has 0 saturated carbocycles. The van der Waals surface area contributed by atoms with Gasteiger partial charge in [-0.25, -0.2) is 9.07 Å². The number of nitrogens with zero attached hydrogens (tertiary/aromatic N) is 4. The second-order valence-corrected chi connectivity index (χ2v) is 6.41. The average molecular weight is 338 g/mol. The molecule has 128 valence electrons. The molecule has 0 unspecified atom stereocenters. The van der Waals surface area contributed by atoms with Crippen molar-refractivity contribution < 1.29 is 9.18 Å². The number of amides is 1. The zero-order valence-corrected chi connectivity index (χ0v) is 13.8. The van der Waals surface area contributed by atoms with Gasteiger partial charge in [0.25, 0.3) is 0 Å². The van der Waals surface area contributed by atoms with Gasteiger partial charge in [-0.05, 0) is 36.6 Å². The highest BCUT2D eigenvalue weighted by atomic mass is 19.1. The maximum absolute atomic E-state index is 13.8. The predicted molar refractivity (Wildman–Crippen MR) is 92.4 cm³/mol. The number of carbonyl (C=O) groups excluding carboxylic acids is 1. The Bertz CT molecular complexity index is 907. The normalized spacial score (nSPS) is 17.3. The Morgan fingerprint density at radius 3 is 2.84 bits per heavy atom. The number of fused-ring (bicyclic) bond motifs is 1. The standard InChI is InChI=1S/C19H19FN4O/c20-16-8-2-1-6-14(16)12-19(25)23-11-5-7-15(23)13-24-18-10-4-3-9-17(18)21-22-24/h1-4,6,8-10,15H,5,7,11-13H2/t15-/m1/s1. The van der Waals surface area contributed by atoms with E-state index in [2.05, 4.69) is 10.3 Å². The molecule has 1 fully saturated rings. The van der Waals surface area contributed by atoms with E-state index in [1.165, 1.54) is 6.07 Å². The van der Waals surface area contributed by atoms with Crippen molar-refractivity contribution in [2.75, 3.05) is 6.54 Å². The fraction of sp³-hybridized carbons (Fsp3) is 0.316. The number of rotatable bonds is 4. The minimum Gasteiger partial charge on any atom is -0.338 e. The minimum absolute atomic E-state index is 0.0305. The highest BCUT2D eigenvalue weighted by Crippen LogP contribution is 2.22. The van der Waals surface area contributed by atoms with Crippen molar-refractivity contribution >= 4 is 16.9 Å². The molecule has 1 amide bonds. The molecule has 0 N–H and O–H groups in total. The van der Waals surface area contributed by atoms with Crippen LogP contribution in [0.2, 0.25) is 0 Å². The van der Waals surface area contributed by atoms with E-state index in [1.54, 1.807) is 18.2 Å². The predicted octanol–water partition coefficient (Wildman–Crippen LogP) is 2.80. The summed E-state index contributed by atoms with van der Waals surface area (Å²) in [5.74, 6) is -0.356. The number of benzene rings is 2. The molecular formula is C19H19FN4O. The van der Waals surface area contributed by atoms with Crippen LogP contribution in [0.4, 0.5) is 4.39 Å². The first kappa shape index (κ1) is 15.7. The third kappa shape index (κ3) is 3.12. The number of carbonyl (C=O) groups is 1. The highest BCUT2D eigenvalue weighted by molar-refractivity contribution is 5.79. The molecule has 25 heavy (non-hydrogen) atoms. The molecule has 1 aliphatic heterocycles. The third-order valence-corrected chi connectivity index (χ3v) is 4.80. The molecule has 0 spiro atoms. The fourth-order valence-corrected chi connectivity index (χ4v) is 3.51. The molecule has 0 aliphatic carbocycles. The van der Waals surface area contributed by atoms with Crippen LogP contribution in [0, 0.1) is 5.82 Å². The second-order valence-electron chi connectivity index (χ2n) is 6.41. The van der Waals surface area contributed by atoms with E-state index in [0.29, 0.717) is 18.7 Å². The quantitative estimate of drug-likeness (QED) is 0.735. The summed E-state index contributed by atoms with van der Waals surface area (Å²) in [6.07, 6.45) is 1.98. The largest absolute Gasteiger partial charge is 0.338 e. The summed E-state index contributed by atoms with van der Waals surface area (Å²) in [5, 5.41) is 8.39. The lowest BCUT2D eigenvalue weighted by Crippen LogP contribution is -2.39. The number of aromatic nitrogens is 3. The van der Waals surface area contributed by atoms with E-state index >= 15 is 0 Å². The van der Waals surface area contributed by atoms with Crippen LogP contribution < -0.4 is 0 Å². The molecule has 1 atom stereocenters. The van der Waals surface area contributed by atoms with Gasteiger partial charge in [-0.2, -0.15) is 0 Å². The van der Waals surface area contributed by atoms with Crippen molar-refractivity contribution in [3.63, 3.8) is 0 Å². The smallest absolute Gasteiger partial charge is 0.227 e. The summed E-state index contributed by atoms with van der Waals surface area (Å²) >= 11 is 0. The summed E-state index contributed by atoms with van der Waals surface area (Å²) in [4.78, 5) is 14.5. The Balaban J connectivity index is 1.50. The van der Waals surface area contributed by atoms with Gasteiger partial charge in [0.1, 0.15) is 11.3 Å². The van der Waals surface area contributed by atoms with E-state index in [1.807, 2.05) is 33.8 Å². The minimum atomic E-state index is -0.325. The average Bonchev–Trinajstić information content (AvgIpc) is 3.25. The maximum atomic E-state index is 13.8. The van der Waals surface area contributed by atoms with Crippen LogP contribution in [0.1, 0.15) is 18.4 Å². The van der Waals surface area contributed by atoms with Crippen LogP contribution in [0.15, 0.2) is 48.5 Å². The Hall–Kier alpha value is -2.76. The van der Waals surface area contributed by atoms with Crippen LogP contribution in [-0.4, -0.2) is 38.4 Å². The summed E-state index contributed by atoms with van der Waals surface area (Å²) in [7, 11) is 0. The van der Waals surface area contributed by atoms with Crippen molar-refractivity contribution in [1.29, 1.82) is 0 Å². The second kappa shape index (κ2) is 6.63. The lowest BCUT2D eigenvalue weighted by Gasteiger charge is -2.25. The zero-order chi connectivity index (χ0) is 17.2. The van der Waals surface area contributed by atoms with Gasteiger partial charge in [-0.15, -0.1) is 5.10 Å². The van der Waals surface area contributed by atoms with Gasteiger partial charge in [0.15, 0.2) is 0 Å². The molecule has 0 radical (unpaired) electrons. The summed E-state index contributed by atoms with van der Waals surface area (Å²) < 4.78 is 15.7. The molecule has 2 aromatic carbocycles. The third-order valence-electron chi connectivity index (χ3n) is 4.80. The van der Waals surface area contributed by atoms with E-state index in [9.17, 15) is 9.18 Å². The Kier molecular flexibility index (Phi) is 4.17. The van der Waals surface area contributed by atoms with E-state index in [-0.39, 0.29) is 24.2 Å². The number of hydrogen-bond donors (Lipinski definition) is 0. The van der Waals surface area contributed by atoms with Crippen LogP contribution in [0.5, 0.6) is 0 Å². The zero-order valence-electron chi connectivity index (χ0n) is 13.8. The van der Waals surface area contributed by atoms with E-state index < -0.39 is 0 Å². The topological polar surface area (TPSA) is 51.0 Å². The molecule has 1 aliphatic rings. The van der Waals surface area contributed by atoms with E-state index in [4.69, 9.17) is 0 Å². The van der Waals surface area contributed by atoms with Gasteiger partial charge in [0, 0.05) is 6.54 Å². The summed E-state index contributed by atoms with van der Waals surface area (Å²) in [5.41, 5.74) is 2.27. The van der Waals surface area contributed by atoms with Crippen molar-refractivity contribution in [2.45, 2.75) is 31.8 Å². The lowest BCUT2D eigenvalue weighted by atomic mass is 10.1. The molecule has 0 bridgehead atoms.